The van der Waals surface area contributed by atoms with Gasteiger partial charge in [-0.2, -0.15) is 0 Å². The van der Waals surface area contributed by atoms with Gasteiger partial charge in [-0.05, 0) is 39.5 Å². The highest BCUT2D eigenvalue weighted by Crippen LogP contribution is 2.40. The van der Waals surface area contributed by atoms with Crippen LogP contribution >= 0.6 is 0 Å². The Morgan fingerprint density at radius 1 is 1.47 bits per heavy atom. The summed E-state index contributed by atoms with van der Waals surface area (Å²) in [5.41, 5.74) is -0.918. The largest absolute Gasteiger partial charge is 0.444 e. The molecule has 0 aromatic carbocycles. The number of halogens is 1. The predicted octanol–water partition coefficient (Wildman–Crippen LogP) is 2.28. The van der Waals surface area contributed by atoms with Crippen LogP contribution in [0.15, 0.2) is 0 Å². The molecule has 1 N–H and O–H groups in total. The van der Waals surface area contributed by atoms with Crippen LogP contribution in [0.5, 0.6) is 0 Å². The van der Waals surface area contributed by atoms with E-state index in [1.54, 1.807) is 27.9 Å². The van der Waals surface area contributed by atoms with Gasteiger partial charge in [0.05, 0.1) is 12.3 Å². The molecule has 1 aliphatic carbocycles. The summed E-state index contributed by atoms with van der Waals surface area (Å²) < 4.78 is 22.8. The summed E-state index contributed by atoms with van der Waals surface area (Å²) in [5.74, 6) is 0.0652. The fourth-order valence-corrected chi connectivity index (χ4v) is 2.03. The molecule has 17 heavy (non-hydrogen) atoms. The van der Waals surface area contributed by atoms with Crippen LogP contribution in [-0.4, -0.2) is 37.6 Å². The molecule has 1 aliphatic rings. The summed E-state index contributed by atoms with van der Waals surface area (Å²) in [7, 11) is 1.59. The lowest BCUT2D eigenvalue weighted by molar-refractivity contribution is -0.107. The van der Waals surface area contributed by atoms with Crippen molar-refractivity contribution < 1.29 is 18.7 Å². The van der Waals surface area contributed by atoms with Gasteiger partial charge >= 0.3 is 6.09 Å². The quantitative estimate of drug-likeness (QED) is 0.829. The van der Waals surface area contributed by atoms with E-state index < -0.39 is 17.3 Å². The Balaban J connectivity index is 2.32. The van der Waals surface area contributed by atoms with Crippen molar-refractivity contribution >= 4 is 6.09 Å². The molecule has 0 spiro atoms. The molecule has 1 saturated carbocycles. The van der Waals surface area contributed by atoms with E-state index in [4.69, 9.17) is 9.47 Å². The zero-order valence-electron chi connectivity index (χ0n) is 11.0. The third kappa shape index (κ3) is 4.15. The van der Waals surface area contributed by atoms with Gasteiger partial charge in [0.2, 0.25) is 0 Å². The molecule has 1 amide bonds. The van der Waals surface area contributed by atoms with Crippen LogP contribution in [0.1, 0.15) is 33.6 Å². The van der Waals surface area contributed by atoms with Crippen molar-refractivity contribution in [3.63, 3.8) is 0 Å². The van der Waals surface area contributed by atoms with Crippen molar-refractivity contribution in [1.29, 1.82) is 0 Å². The molecule has 1 fully saturated rings. The van der Waals surface area contributed by atoms with Crippen molar-refractivity contribution in [3.8, 4) is 0 Å². The molecule has 0 atom stereocenters. The summed E-state index contributed by atoms with van der Waals surface area (Å²) in [4.78, 5) is 11.4. The van der Waals surface area contributed by atoms with Crippen LogP contribution in [-0.2, 0) is 9.47 Å². The molecule has 100 valence electrons. The Bertz CT molecular complexity index is 269. The topological polar surface area (TPSA) is 47.6 Å². The molecule has 0 aliphatic heterocycles. The molecule has 0 aromatic rings. The van der Waals surface area contributed by atoms with E-state index in [9.17, 15) is 9.18 Å². The number of carbonyl (C=O) groups is 1. The molecule has 0 bridgehead atoms. The van der Waals surface area contributed by atoms with Crippen molar-refractivity contribution in [3.05, 3.63) is 0 Å². The van der Waals surface area contributed by atoms with E-state index in [1.165, 1.54) is 0 Å². The maximum Gasteiger partial charge on any atom is 0.407 e. The van der Waals surface area contributed by atoms with Gasteiger partial charge in [0.1, 0.15) is 5.60 Å². The Labute approximate surface area is 102 Å². The molecule has 0 aromatic heterocycles. The Hall–Kier alpha value is -0.840. The molecule has 5 heteroatoms. The summed E-state index contributed by atoms with van der Waals surface area (Å²) in [6.45, 7) is 5.47. The minimum absolute atomic E-state index is 0.0652. The van der Waals surface area contributed by atoms with Gasteiger partial charge in [0.15, 0.2) is 0 Å². The molecule has 4 nitrogen and oxygen atoms in total. The zero-order chi connectivity index (χ0) is 13.1. The van der Waals surface area contributed by atoms with E-state index >= 15 is 0 Å². The van der Waals surface area contributed by atoms with Crippen molar-refractivity contribution in [2.75, 3.05) is 20.3 Å². The van der Waals surface area contributed by atoms with Gasteiger partial charge in [-0.15, -0.1) is 0 Å². The Morgan fingerprint density at radius 2 is 2.06 bits per heavy atom. The Kier molecular flexibility index (Phi) is 4.36. The first-order valence-electron chi connectivity index (χ1n) is 5.88. The minimum Gasteiger partial charge on any atom is -0.444 e. The van der Waals surface area contributed by atoms with Gasteiger partial charge in [0, 0.05) is 13.7 Å². The first-order chi connectivity index (χ1) is 7.80. The van der Waals surface area contributed by atoms with E-state index in [-0.39, 0.29) is 12.6 Å². The first kappa shape index (κ1) is 14.2. The molecule has 1 rings (SSSR count). The van der Waals surface area contributed by atoms with Crippen LogP contribution in [0.3, 0.4) is 0 Å². The number of amides is 1. The molecule has 0 radical (unpaired) electrons. The molecular formula is C12H22FNO3. The second-order valence-corrected chi connectivity index (χ2v) is 5.67. The molecule has 0 unspecified atom stereocenters. The van der Waals surface area contributed by atoms with Gasteiger partial charge < -0.3 is 14.8 Å². The molecular weight excluding hydrogens is 225 g/mol. The highest BCUT2D eigenvalue weighted by molar-refractivity contribution is 5.67. The predicted molar refractivity (Wildman–Crippen MR) is 62.7 cm³/mol. The highest BCUT2D eigenvalue weighted by atomic mass is 19.1. The van der Waals surface area contributed by atoms with Crippen LogP contribution in [0.2, 0.25) is 0 Å². The summed E-state index contributed by atoms with van der Waals surface area (Å²) >= 11 is 0. The minimum atomic E-state index is -0.509. The summed E-state index contributed by atoms with van der Waals surface area (Å²) in [6.07, 6.45) is 0.837. The van der Waals surface area contributed by atoms with Gasteiger partial charge in [0.25, 0.3) is 0 Å². The van der Waals surface area contributed by atoms with Gasteiger partial charge in [-0.25, -0.2) is 4.79 Å². The SMILES string of the molecule is COC1(CNC(=O)OC(C)(C)C)CC(CF)C1. The fraction of sp³-hybridized carbons (Fsp3) is 0.917. The maximum absolute atomic E-state index is 12.4. The third-order valence-corrected chi connectivity index (χ3v) is 2.93. The van der Waals surface area contributed by atoms with Crippen LogP contribution in [0.25, 0.3) is 0 Å². The molecule has 0 saturated heterocycles. The van der Waals surface area contributed by atoms with E-state index in [2.05, 4.69) is 5.32 Å². The van der Waals surface area contributed by atoms with Crippen molar-refractivity contribution in [1.82, 2.24) is 5.32 Å². The number of alkyl carbamates (subject to hydrolysis) is 1. The van der Waals surface area contributed by atoms with Crippen LogP contribution in [0.4, 0.5) is 9.18 Å². The summed E-state index contributed by atoms with van der Waals surface area (Å²) in [6, 6.07) is 0. The number of alkyl halides is 1. The number of methoxy groups -OCH3 is 1. The third-order valence-electron chi connectivity index (χ3n) is 2.93. The lowest BCUT2D eigenvalue weighted by atomic mass is 9.71. The monoisotopic (exact) mass is 247 g/mol. The normalized spacial score (nSPS) is 28.4. The standard InChI is InChI=1S/C12H22FNO3/c1-11(2,3)17-10(15)14-8-12(16-4)5-9(6-12)7-13/h9H,5-8H2,1-4H3,(H,14,15). The van der Waals surface area contributed by atoms with E-state index in [1.807, 2.05) is 0 Å². The second-order valence-electron chi connectivity index (χ2n) is 5.67. The van der Waals surface area contributed by atoms with Crippen LogP contribution in [0, 0.1) is 5.92 Å². The number of ether oxygens (including phenoxy) is 2. The average molecular weight is 247 g/mol. The van der Waals surface area contributed by atoms with Gasteiger partial charge in [-0.1, -0.05) is 0 Å². The van der Waals surface area contributed by atoms with Crippen LogP contribution < -0.4 is 5.32 Å². The number of hydrogen-bond acceptors (Lipinski definition) is 3. The number of carbonyl (C=O) groups excluding carboxylic acids is 1. The highest BCUT2D eigenvalue weighted by Gasteiger charge is 2.44. The second kappa shape index (κ2) is 5.21. The maximum atomic E-state index is 12.4. The number of rotatable bonds is 4. The number of hydrogen-bond donors (Lipinski definition) is 1. The Morgan fingerprint density at radius 3 is 2.47 bits per heavy atom. The molecule has 0 heterocycles. The van der Waals surface area contributed by atoms with E-state index in [0.29, 0.717) is 19.4 Å². The fourth-order valence-electron chi connectivity index (χ4n) is 2.03. The van der Waals surface area contributed by atoms with Gasteiger partial charge in [-0.3, -0.25) is 4.39 Å². The first-order valence-corrected chi connectivity index (χ1v) is 5.88. The van der Waals surface area contributed by atoms with E-state index in [0.717, 1.165) is 0 Å². The lowest BCUT2D eigenvalue weighted by Crippen LogP contribution is -2.54. The van der Waals surface area contributed by atoms with Crippen molar-refractivity contribution in [2.45, 2.75) is 44.8 Å². The van der Waals surface area contributed by atoms with Crippen molar-refractivity contribution in [2.24, 2.45) is 5.92 Å². The lowest BCUT2D eigenvalue weighted by Gasteiger charge is -2.45. The smallest absolute Gasteiger partial charge is 0.407 e. The zero-order valence-corrected chi connectivity index (χ0v) is 11.0. The average Bonchev–Trinajstić information content (AvgIpc) is 2.14. The summed E-state index contributed by atoms with van der Waals surface area (Å²) in [5, 5.41) is 2.67. The number of nitrogens with one attached hydrogen (secondary N) is 1.